The number of halogens is 1. The smallest absolute Gasteiger partial charge is 0.269 e. The third-order valence-electron chi connectivity index (χ3n) is 5.10. The van der Waals surface area contributed by atoms with Gasteiger partial charge in [-0.25, -0.2) is 9.07 Å². The van der Waals surface area contributed by atoms with Gasteiger partial charge in [0.05, 0.1) is 26.5 Å². The van der Waals surface area contributed by atoms with E-state index in [0.717, 1.165) is 17.5 Å². The molecule has 2 aromatic carbocycles. The Morgan fingerprint density at radius 3 is 2.63 bits per heavy atom. The van der Waals surface area contributed by atoms with Gasteiger partial charge in [0.25, 0.3) is 5.91 Å². The second kappa shape index (κ2) is 8.54. The number of ether oxygens (including phenoxy) is 2. The van der Waals surface area contributed by atoms with Crippen LogP contribution < -0.4 is 20.1 Å². The van der Waals surface area contributed by atoms with Crippen molar-refractivity contribution in [3.63, 3.8) is 0 Å². The van der Waals surface area contributed by atoms with Gasteiger partial charge in [0.2, 0.25) is 0 Å². The van der Waals surface area contributed by atoms with Gasteiger partial charge in [0.1, 0.15) is 17.7 Å². The summed E-state index contributed by atoms with van der Waals surface area (Å²) in [7, 11) is 3.22. The highest BCUT2D eigenvalue weighted by molar-refractivity contribution is 5.94. The maximum Gasteiger partial charge on any atom is 0.269 e. The summed E-state index contributed by atoms with van der Waals surface area (Å²) in [5.74, 6) is 0.904. The van der Waals surface area contributed by atoms with Crippen LogP contribution in [0.25, 0.3) is 11.3 Å². The molecule has 0 radical (unpaired) electrons. The van der Waals surface area contributed by atoms with Gasteiger partial charge >= 0.3 is 0 Å². The van der Waals surface area contributed by atoms with Crippen LogP contribution in [0.3, 0.4) is 0 Å². The molecule has 3 aromatic rings. The summed E-state index contributed by atoms with van der Waals surface area (Å²) < 4.78 is 25.5. The lowest BCUT2D eigenvalue weighted by Gasteiger charge is -2.25. The van der Waals surface area contributed by atoms with Gasteiger partial charge in [-0.1, -0.05) is 6.07 Å². The number of nitrogens with zero attached hydrogens (tertiary/aromatic N) is 2. The van der Waals surface area contributed by atoms with E-state index in [1.807, 2.05) is 18.2 Å². The molecule has 0 spiro atoms. The number of amides is 1. The molecule has 8 heteroatoms. The molecule has 1 aromatic heterocycles. The SMILES string of the molecule is COc1ccc(CCN[C@H]2CNC(=O)c3cc(-c4ccc(F)cc4)nn32)cc1OC. The first-order chi connectivity index (χ1) is 14.6. The van der Waals surface area contributed by atoms with Crippen molar-refractivity contribution in [3.05, 3.63) is 65.6 Å². The maximum absolute atomic E-state index is 13.2. The fourth-order valence-electron chi connectivity index (χ4n) is 3.51. The van der Waals surface area contributed by atoms with Crippen molar-refractivity contribution in [2.24, 2.45) is 0 Å². The summed E-state index contributed by atoms with van der Waals surface area (Å²) in [6.45, 7) is 1.11. The molecule has 1 atom stereocenters. The van der Waals surface area contributed by atoms with Crippen molar-refractivity contribution in [2.45, 2.75) is 12.6 Å². The number of rotatable bonds is 7. The number of nitrogens with one attached hydrogen (secondary N) is 2. The lowest BCUT2D eigenvalue weighted by molar-refractivity contribution is 0.0901. The van der Waals surface area contributed by atoms with E-state index in [1.165, 1.54) is 12.1 Å². The molecule has 1 aliphatic rings. The number of aromatic nitrogens is 2. The zero-order valence-electron chi connectivity index (χ0n) is 16.8. The number of hydrogen-bond donors (Lipinski definition) is 2. The van der Waals surface area contributed by atoms with Crippen LogP contribution in [-0.2, 0) is 6.42 Å². The van der Waals surface area contributed by atoms with E-state index >= 15 is 0 Å². The fraction of sp³-hybridized carbons (Fsp3) is 0.273. The average molecular weight is 410 g/mol. The van der Waals surface area contributed by atoms with Crippen molar-refractivity contribution in [2.75, 3.05) is 27.3 Å². The third kappa shape index (κ3) is 3.99. The average Bonchev–Trinajstić information content (AvgIpc) is 3.22. The highest BCUT2D eigenvalue weighted by Gasteiger charge is 2.27. The quantitative estimate of drug-likeness (QED) is 0.626. The van der Waals surface area contributed by atoms with E-state index in [0.29, 0.717) is 36.0 Å². The van der Waals surface area contributed by atoms with Gasteiger partial charge < -0.3 is 14.8 Å². The van der Waals surface area contributed by atoms with Crippen LogP contribution in [0.1, 0.15) is 22.2 Å². The van der Waals surface area contributed by atoms with E-state index < -0.39 is 0 Å². The predicted octanol–water partition coefficient (Wildman–Crippen LogP) is 2.78. The number of carbonyl (C=O) groups is 1. The molecule has 0 bridgehead atoms. The Morgan fingerprint density at radius 2 is 1.90 bits per heavy atom. The Morgan fingerprint density at radius 1 is 1.13 bits per heavy atom. The standard InChI is InChI=1S/C22H23FN4O3/c1-29-19-8-3-14(11-20(19)30-2)9-10-24-21-13-25-22(28)18-12-17(26-27(18)21)15-4-6-16(23)7-5-15/h3-8,11-12,21,24H,9-10,13H2,1-2H3,(H,25,28)/t21-/m1/s1. The highest BCUT2D eigenvalue weighted by Crippen LogP contribution is 2.28. The minimum atomic E-state index is -0.310. The summed E-state index contributed by atoms with van der Waals surface area (Å²) in [4.78, 5) is 12.3. The lowest BCUT2D eigenvalue weighted by atomic mass is 10.1. The molecule has 7 nitrogen and oxygen atoms in total. The van der Waals surface area contributed by atoms with Gasteiger partial charge in [-0.05, 0) is 54.4 Å². The molecule has 0 aliphatic carbocycles. The normalized spacial score (nSPS) is 15.4. The molecule has 156 valence electrons. The molecule has 0 saturated carbocycles. The van der Waals surface area contributed by atoms with Crippen molar-refractivity contribution < 1.29 is 18.7 Å². The summed E-state index contributed by atoms with van der Waals surface area (Å²) >= 11 is 0. The van der Waals surface area contributed by atoms with E-state index in [1.54, 1.807) is 37.1 Å². The predicted molar refractivity (Wildman–Crippen MR) is 110 cm³/mol. The molecule has 0 fully saturated rings. The first-order valence-corrected chi connectivity index (χ1v) is 9.67. The van der Waals surface area contributed by atoms with Crippen LogP contribution in [0.5, 0.6) is 11.5 Å². The minimum absolute atomic E-state index is 0.172. The second-order valence-corrected chi connectivity index (χ2v) is 6.99. The van der Waals surface area contributed by atoms with Gasteiger partial charge in [0, 0.05) is 12.1 Å². The number of fused-ring (bicyclic) bond motifs is 1. The molecular formula is C22H23FN4O3. The zero-order chi connectivity index (χ0) is 21.1. The van der Waals surface area contributed by atoms with Crippen LogP contribution in [0.2, 0.25) is 0 Å². The van der Waals surface area contributed by atoms with Crippen LogP contribution in [-0.4, -0.2) is 43.0 Å². The second-order valence-electron chi connectivity index (χ2n) is 6.99. The molecule has 30 heavy (non-hydrogen) atoms. The topological polar surface area (TPSA) is 77.4 Å². The number of benzene rings is 2. The molecule has 0 unspecified atom stereocenters. The van der Waals surface area contributed by atoms with Crippen molar-refractivity contribution >= 4 is 5.91 Å². The summed E-state index contributed by atoms with van der Waals surface area (Å²) in [6, 6.07) is 13.6. The van der Waals surface area contributed by atoms with Crippen LogP contribution in [0, 0.1) is 5.82 Å². The monoisotopic (exact) mass is 410 g/mol. The van der Waals surface area contributed by atoms with Gasteiger partial charge in [0.15, 0.2) is 11.5 Å². The Bertz CT molecular complexity index is 1050. The highest BCUT2D eigenvalue weighted by atomic mass is 19.1. The number of carbonyl (C=O) groups excluding carboxylic acids is 1. The Labute approximate surface area is 173 Å². The van der Waals surface area contributed by atoms with E-state index in [9.17, 15) is 9.18 Å². The van der Waals surface area contributed by atoms with E-state index in [2.05, 4.69) is 15.7 Å². The van der Waals surface area contributed by atoms with E-state index in [4.69, 9.17) is 9.47 Å². The largest absolute Gasteiger partial charge is 0.493 e. The summed E-state index contributed by atoms with van der Waals surface area (Å²) in [6.07, 6.45) is 0.596. The van der Waals surface area contributed by atoms with Gasteiger partial charge in [-0.2, -0.15) is 5.10 Å². The molecule has 0 saturated heterocycles. The van der Waals surface area contributed by atoms with Crippen molar-refractivity contribution in [3.8, 4) is 22.8 Å². The van der Waals surface area contributed by atoms with Crippen molar-refractivity contribution in [1.82, 2.24) is 20.4 Å². The lowest BCUT2D eigenvalue weighted by Crippen LogP contribution is -2.45. The fourth-order valence-corrected chi connectivity index (χ4v) is 3.51. The van der Waals surface area contributed by atoms with Gasteiger partial charge in [-0.15, -0.1) is 0 Å². The van der Waals surface area contributed by atoms with Crippen LogP contribution >= 0.6 is 0 Å². The molecular weight excluding hydrogens is 387 g/mol. The van der Waals surface area contributed by atoms with Gasteiger partial charge in [-0.3, -0.25) is 10.1 Å². The molecule has 1 amide bonds. The Balaban J connectivity index is 1.47. The third-order valence-corrected chi connectivity index (χ3v) is 5.10. The molecule has 4 rings (SSSR count). The number of hydrogen-bond acceptors (Lipinski definition) is 5. The first-order valence-electron chi connectivity index (χ1n) is 9.67. The Hall–Kier alpha value is -3.39. The Kier molecular flexibility index (Phi) is 5.67. The summed E-state index contributed by atoms with van der Waals surface area (Å²) in [5, 5.41) is 10.9. The minimum Gasteiger partial charge on any atom is -0.493 e. The van der Waals surface area contributed by atoms with Crippen LogP contribution in [0.4, 0.5) is 4.39 Å². The number of methoxy groups -OCH3 is 2. The molecule has 2 N–H and O–H groups in total. The first kappa shape index (κ1) is 19.9. The van der Waals surface area contributed by atoms with Crippen molar-refractivity contribution in [1.29, 1.82) is 0 Å². The maximum atomic E-state index is 13.2. The zero-order valence-corrected chi connectivity index (χ0v) is 16.8. The molecule has 2 heterocycles. The van der Waals surface area contributed by atoms with E-state index in [-0.39, 0.29) is 17.9 Å². The molecule has 1 aliphatic heterocycles. The summed E-state index contributed by atoms with van der Waals surface area (Å²) in [5.41, 5.74) is 2.97. The van der Waals surface area contributed by atoms with Crippen LogP contribution in [0.15, 0.2) is 48.5 Å².